The van der Waals surface area contributed by atoms with Crippen LogP contribution in [0.5, 0.6) is 5.75 Å². The average molecular weight is 737 g/mol. The minimum absolute atomic E-state index is 0.0443. The molecule has 6 unspecified atom stereocenters. The zero-order valence-electron chi connectivity index (χ0n) is 30.5. The van der Waals surface area contributed by atoms with Crippen molar-refractivity contribution in [3.8, 4) is 17.2 Å². The summed E-state index contributed by atoms with van der Waals surface area (Å²) >= 11 is 0. The van der Waals surface area contributed by atoms with Crippen LogP contribution < -0.4 is 4.90 Å². The van der Waals surface area contributed by atoms with Crippen LogP contribution in [0.3, 0.4) is 0 Å². The lowest BCUT2D eigenvalue weighted by Crippen LogP contribution is -2.58. The Bertz CT molecular complexity index is 2640. The molecule has 2 amide bonds. The lowest BCUT2D eigenvalue weighted by Gasteiger charge is -2.55. The van der Waals surface area contributed by atoms with Crippen molar-refractivity contribution in [2.75, 3.05) is 4.90 Å². The third-order valence-corrected chi connectivity index (χ3v) is 12.6. The number of ketones is 2. The van der Waals surface area contributed by atoms with Gasteiger partial charge < -0.3 is 9.52 Å². The molecular formula is C48H36N2O6. The molecule has 1 aliphatic heterocycles. The van der Waals surface area contributed by atoms with E-state index in [1.165, 1.54) is 11.0 Å². The fraction of sp³-hybridized carbons (Fsp3) is 0.188. The molecule has 0 spiro atoms. The Morgan fingerprint density at radius 3 is 2.21 bits per heavy atom. The van der Waals surface area contributed by atoms with Crippen LogP contribution in [0, 0.1) is 30.6 Å². The maximum Gasteiger partial charge on any atom is 0.238 e. The number of phenolic OH excluding ortho intramolecular Hbond substituents is 1. The minimum Gasteiger partial charge on any atom is -0.507 e. The van der Waals surface area contributed by atoms with Gasteiger partial charge in [-0.1, -0.05) is 103 Å². The number of aryl methyl sites for hydroxylation is 1. The number of fused-ring (bicyclic) bond motifs is 5. The Hall–Kier alpha value is -6.67. The lowest BCUT2D eigenvalue weighted by atomic mass is 9.44. The van der Waals surface area contributed by atoms with E-state index in [1.807, 2.05) is 116 Å². The van der Waals surface area contributed by atoms with Crippen LogP contribution >= 0.6 is 0 Å². The number of hydrogen-bond donors (Lipinski definition) is 1. The first-order chi connectivity index (χ1) is 27.3. The monoisotopic (exact) mass is 736 g/mol. The second-order valence-corrected chi connectivity index (χ2v) is 15.3. The number of nitrogens with zero attached hydrogens (tertiary/aromatic N) is 2. The highest BCUT2D eigenvalue weighted by atomic mass is 16.3. The number of carbonyl (C=O) groups is 4. The number of aromatic nitrogens is 1. The molecule has 56 heavy (non-hydrogen) atoms. The largest absolute Gasteiger partial charge is 0.507 e. The van der Waals surface area contributed by atoms with Crippen LogP contribution in [0.15, 0.2) is 150 Å². The Balaban J connectivity index is 1.10. The summed E-state index contributed by atoms with van der Waals surface area (Å²) in [6.07, 6.45) is 3.97. The topological polar surface area (TPSA) is 118 Å². The fourth-order valence-electron chi connectivity index (χ4n) is 10.1. The van der Waals surface area contributed by atoms with Gasteiger partial charge in [0.15, 0.2) is 17.1 Å². The molecule has 1 saturated carbocycles. The molecule has 0 radical (unpaired) electrons. The van der Waals surface area contributed by atoms with Crippen molar-refractivity contribution in [2.24, 2.45) is 23.7 Å². The van der Waals surface area contributed by atoms with E-state index in [-0.39, 0.29) is 42.0 Å². The molecule has 1 saturated heterocycles. The number of oxazole rings is 1. The van der Waals surface area contributed by atoms with Crippen LogP contribution in [0.4, 0.5) is 5.69 Å². The van der Waals surface area contributed by atoms with E-state index >= 15 is 9.59 Å². The number of phenols is 1. The molecule has 8 nitrogen and oxygen atoms in total. The van der Waals surface area contributed by atoms with Crippen molar-refractivity contribution in [3.05, 3.63) is 167 Å². The van der Waals surface area contributed by atoms with Gasteiger partial charge in [0.05, 0.1) is 22.9 Å². The molecule has 6 atom stereocenters. The van der Waals surface area contributed by atoms with Crippen molar-refractivity contribution in [1.29, 1.82) is 0 Å². The highest BCUT2D eigenvalue weighted by molar-refractivity contribution is 6.32. The second kappa shape index (κ2) is 12.7. The highest BCUT2D eigenvalue weighted by Gasteiger charge is 2.66. The number of Topliss-reactive ketones (excluding diaryl/α,β-unsaturated/α-hetero) is 1. The van der Waals surface area contributed by atoms with Gasteiger partial charge in [0, 0.05) is 28.5 Å². The summed E-state index contributed by atoms with van der Waals surface area (Å²) in [5, 5.41) is 11.8. The second-order valence-electron chi connectivity index (χ2n) is 15.3. The third kappa shape index (κ3) is 4.81. The first-order valence-electron chi connectivity index (χ1n) is 19.0. The van der Waals surface area contributed by atoms with E-state index in [4.69, 9.17) is 4.42 Å². The predicted octanol–water partition coefficient (Wildman–Crippen LogP) is 8.54. The van der Waals surface area contributed by atoms with Gasteiger partial charge in [-0.15, -0.1) is 0 Å². The van der Waals surface area contributed by atoms with Gasteiger partial charge in [-0.3, -0.25) is 24.1 Å². The Morgan fingerprint density at radius 1 is 0.750 bits per heavy atom. The van der Waals surface area contributed by atoms with Crippen LogP contribution in [0.1, 0.15) is 41.0 Å². The standard InChI is InChI=1S/C48H36N2O6/c1-27-11-10-16-34(43(27)52)42-32-23-24-33-41(47(55)50(46(33)54)31-21-19-29(20-22-31)45-49-38-17-8-9-18-39(38)56-45)36(32)25-37-44(53)35(28-12-4-2-5-13-28)26-40(51)48(37,42)30-14-6-3-7-15-30/h2-23,26,33,36-37,41-42,52H,24-25H2,1H3. The molecular weight excluding hydrogens is 701 g/mol. The molecule has 8 heteroatoms. The summed E-state index contributed by atoms with van der Waals surface area (Å²) in [6.45, 7) is 1.81. The predicted molar refractivity (Wildman–Crippen MR) is 211 cm³/mol. The van der Waals surface area contributed by atoms with E-state index in [0.29, 0.717) is 50.6 Å². The van der Waals surface area contributed by atoms with Gasteiger partial charge in [-0.2, -0.15) is 0 Å². The van der Waals surface area contributed by atoms with Gasteiger partial charge >= 0.3 is 0 Å². The summed E-state index contributed by atoms with van der Waals surface area (Å²) in [5.41, 5.74) is 4.73. The molecule has 6 aromatic rings. The summed E-state index contributed by atoms with van der Waals surface area (Å²) in [6, 6.07) is 38.6. The average Bonchev–Trinajstić information content (AvgIpc) is 3.78. The molecule has 274 valence electrons. The van der Waals surface area contributed by atoms with E-state index in [9.17, 15) is 14.7 Å². The molecule has 1 N–H and O–H groups in total. The van der Waals surface area contributed by atoms with Crippen molar-refractivity contribution >= 4 is 45.7 Å². The molecule has 0 bridgehead atoms. The first-order valence-corrected chi connectivity index (χ1v) is 19.0. The van der Waals surface area contributed by atoms with Crippen molar-refractivity contribution < 1.29 is 28.7 Å². The summed E-state index contributed by atoms with van der Waals surface area (Å²) < 4.78 is 5.96. The molecule has 5 aromatic carbocycles. The SMILES string of the molecule is Cc1cccc(C2C3=CCC4C(=O)N(c5ccc(-c6nc7ccccc7o6)cc5)C(=O)C4C3CC3C(=O)C(c4ccccc4)=CC(=O)C32c2ccccc2)c1O. The number of amides is 2. The zero-order chi connectivity index (χ0) is 38.3. The quantitative estimate of drug-likeness (QED) is 0.139. The van der Waals surface area contributed by atoms with Crippen LogP contribution in [0.2, 0.25) is 0 Å². The molecule has 2 heterocycles. The van der Waals surface area contributed by atoms with E-state index in [0.717, 1.165) is 11.1 Å². The van der Waals surface area contributed by atoms with Gasteiger partial charge in [0.2, 0.25) is 17.7 Å². The van der Waals surface area contributed by atoms with Gasteiger partial charge in [0.25, 0.3) is 0 Å². The number of carbonyl (C=O) groups excluding carboxylic acids is 4. The Labute approximate surface area is 322 Å². The molecule has 2 fully saturated rings. The molecule has 1 aromatic heterocycles. The molecule has 10 rings (SSSR count). The molecule has 4 aliphatic rings. The summed E-state index contributed by atoms with van der Waals surface area (Å²) in [4.78, 5) is 65.4. The number of para-hydroxylation sites is 3. The fourth-order valence-corrected chi connectivity index (χ4v) is 10.1. The maximum atomic E-state index is 15.2. The van der Waals surface area contributed by atoms with Crippen molar-refractivity contribution in [2.45, 2.75) is 31.1 Å². The maximum absolute atomic E-state index is 15.2. The number of anilines is 1. The third-order valence-electron chi connectivity index (χ3n) is 12.6. The van der Waals surface area contributed by atoms with Crippen LogP contribution in [-0.2, 0) is 24.6 Å². The molecule has 3 aliphatic carbocycles. The van der Waals surface area contributed by atoms with E-state index < -0.39 is 35.0 Å². The summed E-state index contributed by atoms with van der Waals surface area (Å²) in [7, 11) is 0. The van der Waals surface area contributed by atoms with Gasteiger partial charge in [-0.25, -0.2) is 4.98 Å². The normalized spacial score (nSPS) is 25.7. The number of imide groups is 1. The number of allylic oxidation sites excluding steroid dienone is 4. The number of hydrogen-bond acceptors (Lipinski definition) is 7. The smallest absolute Gasteiger partial charge is 0.238 e. The Morgan fingerprint density at radius 2 is 1.46 bits per heavy atom. The van der Waals surface area contributed by atoms with Gasteiger partial charge in [-0.05, 0) is 84.8 Å². The zero-order valence-corrected chi connectivity index (χ0v) is 30.5. The number of aromatic hydroxyl groups is 1. The summed E-state index contributed by atoms with van der Waals surface area (Å²) in [5.74, 6) is -4.22. The van der Waals surface area contributed by atoms with Crippen LogP contribution in [-0.4, -0.2) is 33.5 Å². The number of benzene rings is 5. The lowest BCUT2D eigenvalue weighted by molar-refractivity contribution is -0.135. The van der Waals surface area contributed by atoms with E-state index in [1.54, 1.807) is 24.3 Å². The van der Waals surface area contributed by atoms with Crippen molar-refractivity contribution in [3.63, 3.8) is 0 Å². The first kappa shape index (κ1) is 33.9. The Kier molecular flexibility index (Phi) is 7.68. The van der Waals surface area contributed by atoms with Crippen LogP contribution in [0.25, 0.3) is 28.1 Å². The van der Waals surface area contributed by atoms with Crippen molar-refractivity contribution in [1.82, 2.24) is 4.98 Å². The number of rotatable bonds is 5. The minimum atomic E-state index is -1.41. The van der Waals surface area contributed by atoms with Gasteiger partial charge in [0.1, 0.15) is 11.3 Å². The van der Waals surface area contributed by atoms with E-state index in [2.05, 4.69) is 4.98 Å². The highest BCUT2D eigenvalue weighted by Crippen LogP contribution is 2.64.